The number of imidazole rings is 1. The molecule has 0 aliphatic heterocycles. The van der Waals surface area contributed by atoms with Gasteiger partial charge < -0.3 is 4.74 Å². The molecule has 108 valence electrons. The highest BCUT2D eigenvalue weighted by atomic mass is 79.9. The van der Waals surface area contributed by atoms with Crippen molar-refractivity contribution in [2.45, 2.75) is 13.1 Å². The molecule has 2 heterocycles. The SMILES string of the molecule is CCOC(=O)c1nc2c(Cl)cc(C(F)(F)F)cn2c1Br. The Morgan fingerprint density at radius 3 is 2.75 bits per heavy atom. The summed E-state index contributed by atoms with van der Waals surface area (Å²) in [6, 6.07) is 0.755. The van der Waals surface area contributed by atoms with E-state index in [9.17, 15) is 18.0 Å². The third kappa shape index (κ3) is 2.62. The molecule has 0 fully saturated rings. The molecule has 0 saturated heterocycles. The van der Waals surface area contributed by atoms with E-state index in [1.54, 1.807) is 6.92 Å². The normalized spacial score (nSPS) is 11.9. The monoisotopic (exact) mass is 370 g/mol. The molecule has 0 radical (unpaired) electrons. The predicted octanol–water partition coefficient (Wildman–Crippen LogP) is 3.95. The van der Waals surface area contributed by atoms with Crippen LogP contribution in [-0.4, -0.2) is 22.0 Å². The second-order valence-electron chi connectivity index (χ2n) is 3.74. The molecule has 0 aliphatic rings. The summed E-state index contributed by atoms with van der Waals surface area (Å²) in [6.07, 6.45) is -3.74. The van der Waals surface area contributed by atoms with Crippen molar-refractivity contribution in [2.75, 3.05) is 6.61 Å². The molecule has 0 spiro atoms. The third-order valence-electron chi connectivity index (χ3n) is 2.41. The molecule has 20 heavy (non-hydrogen) atoms. The molecule has 2 rings (SSSR count). The van der Waals surface area contributed by atoms with Crippen molar-refractivity contribution in [1.82, 2.24) is 9.38 Å². The van der Waals surface area contributed by atoms with Gasteiger partial charge in [-0.15, -0.1) is 0 Å². The van der Waals surface area contributed by atoms with Crippen molar-refractivity contribution >= 4 is 39.1 Å². The first-order valence-electron chi connectivity index (χ1n) is 5.37. The molecule has 0 aliphatic carbocycles. The van der Waals surface area contributed by atoms with Crippen LogP contribution < -0.4 is 0 Å². The first kappa shape index (κ1) is 15.1. The summed E-state index contributed by atoms with van der Waals surface area (Å²) >= 11 is 8.81. The van der Waals surface area contributed by atoms with Gasteiger partial charge in [-0.2, -0.15) is 13.2 Å². The molecular weight excluding hydrogens is 364 g/mol. The van der Waals surface area contributed by atoms with Crippen LogP contribution in [0.5, 0.6) is 0 Å². The van der Waals surface area contributed by atoms with Crippen molar-refractivity contribution in [3.05, 3.63) is 33.1 Å². The minimum absolute atomic E-state index is 0.0367. The summed E-state index contributed by atoms with van der Waals surface area (Å²) in [5.41, 5.74) is -1.04. The highest BCUT2D eigenvalue weighted by Crippen LogP contribution is 2.34. The number of fused-ring (bicyclic) bond motifs is 1. The number of carbonyl (C=O) groups is 1. The van der Waals surface area contributed by atoms with Crippen LogP contribution in [0.2, 0.25) is 5.02 Å². The van der Waals surface area contributed by atoms with E-state index in [1.165, 1.54) is 0 Å². The number of esters is 1. The zero-order chi connectivity index (χ0) is 15.1. The highest BCUT2D eigenvalue weighted by Gasteiger charge is 2.32. The zero-order valence-corrected chi connectivity index (χ0v) is 12.3. The van der Waals surface area contributed by atoms with Gasteiger partial charge in [-0.1, -0.05) is 11.6 Å². The Morgan fingerprint density at radius 2 is 2.20 bits per heavy atom. The fraction of sp³-hybridized carbons (Fsp3) is 0.273. The molecule has 0 atom stereocenters. The Morgan fingerprint density at radius 1 is 1.55 bits per heavy atom. The smallest absolute Gasteiger partial charge is 0.417 e. The summed E-state index contributed by atoms with van der Waals surface area (Å²) < 4.78 is 44.0. The number of halogens is 5. The number of alkyl halides is 3. The number of nitrogens with zero attached hydrogens (tertiary/aromatic N) is 2. The van der Waals surface area contributed by atoms with E-state index in [1.807, 2.05) is 0 Å². The number of ether oxygens (including phenoxy) is 1. The Kier molecular flexibility index (Phi) is 3.97. The summed E-state index contributed by atoms with van der Waals surface area (Å²) in [5, 5.41) is -0.212. The van der Waals surface area contributed by atoms with Gasteiger partial charge in [-0.3, -0.25) is 4.40 Å². The second kappa shape index (κ2) is 5.25. The molecule has 0 unspecified atom stereocenters. The number of carbonyl (C=O) groups excluding carboxylic acids is 1. The molecule has 0 saturated carbocycles. The average Bonchev–Trinajstić information content (AvgIpc) is 2.67. The third-order valence-corrected chi connectivity index (χ3v) is 3.45. The van der Waals surface area contributed by atoms with E-state index < -0.39 is 17.7 Å². The van der Waals surface area contributed by atoms with Gasteiger partial charge >= 0.3 is 12.1 Å². The molecule has 0 bridgehead atoms. The maximum absolute atomic E-state index is 12.7. The minimum Gasteiger partial charge on any atom is -0.461 e. The fourth-order valence-electron chi connectivity index (χ4n) is 1.56. The molecule has 0 aromatic carbocycles. The summed E-state index contributed by atoms with van der Waals surface area (Å²) in [7, 11) is 0. The van der Waals surface area contributed by atoms with Crippen LogP contribution in [0.25, 0.3) is 5.65 Å². The predicted molar refractivity (Wildman–Crippen MR) is 68.9 cm³/mol. The number of hydrogen-bond acceptors (Lipinski definition) is 3. The minimum atomic E-state index is -4.55. The van der Waals surface area contributed by atoms with Crippen LogP contribution >= 0.6 is 27.5 Å². The molecule has 2 aromatic heterocycles. The highest BCUT2D eigenvalue weighted by molar-refractivity contribution is 9.10. The summed E-state index contributed by atoms with van der Waals surface area (Å²) in [5.74, 6) is -0.743. The Labute approximate surface area is 124 Å². The van der Waals surface area contributed by atoms with Gasteiger partial charge in [-0.05, 0) is 28.9 Å². The van der Waals surface area contributed by atoms with Crippen molar-refractivity contribution in [1.29, 1.82) is 0 Å². The molecule has 0 N–H and O–H groups in total. The first-order valence-corrected chi connectivity index (χ1v) is 6.54. The van der Waals surface area contributed by atoms with E-state index in [2.05, 4.69) is 20.9 Å². The second-order valence-corrected chi connectivity index (χ2v) is 4.90. The van der Waals surface area contributed by atoms with Crippen molar-refractivity contribution in [2.24, 2.45) is 0 Å². The van der Waals surface area contributed by atoms with Gasteiger partial charge in [0.25, 0.3) is 0 Å². The van der Waals surface area contributed by atoms with E-state index in [4.69, 9.17) is 16.3 Å². The standard InChI is InChI=1S/C11H7BrClF3N2O2/c1-2-20-10(19)7-8(12)18-4-5(11(14,15)16)3-6(13)9(18)17-7/h3-4H,2H2,1H3. The lowest BCUT2D eigenvalue weighted by atomic mass is 10.3. The van der Waals surface area contributed by atoms with E-state index in [0.29, 0.717) is 0 Å². The van der Waals surface area contributed by atoms with E-state index in [0.717, 1.165) is 16.7 Å². The van der Waals surface area contributed by atoms with Crippen LogP contribution in [-0.2, 0) is 10.9 Å². The molecule has 2 aromatic rings. The van der Waals surface area contributed by atoms with Gasteiger partial charge in [0.1, 0.15) is 4.60 Å². The number of rotatable bonds is 2. The summed E-state index contributed by atoms with van der Waals surface area (Å²) in [4.78, 5) is 15.5. The first-order chi connectivity index (χ1) is 9.25. The average molecular weight is 372 g/mol. The van der Waals surface area contributed by atoms with Crippen LogP contribution in [0, 0.1) is 0 Å². The van der Waals surface area contributed by atoms with Gasteiger partial charge in [-0.25, -0.2) is 9.78 Å². The fourth-order valence-corrected chi connectivity index (χ4v) is 2.33. The lowest BCUT2D eigenvalue weighted by Gasteiger charge is -2.08. The number of pyridine rings is 1. The van der Waals surface area contributed by atoms with Crippen LogP contribution in [0.4, 0.5) is 13.2 Å². The Balaban J connectivity index is 2.66. The Bertz CT molecular complexity index is 684. The van der Waals surface area contributed by atoms with Gasteiger partial charge in [0.05, 0.1) is 17.2 Å². The van der Waals surface area contributed by atoms with Crippen molar-refractivity contribution in [3.63, 3.8) is 0 Å². The molecule has 4 nitrogen and oxygen atoms in total. The van der Waals surface area contributed by atoms with Gasteiger partial charge in [0.2, 0.25) is 0 Å². The zero-order valence-electron chi connectivity index (χ0n) is 9.96. The molecular formula is C11H7BrClF3N2O2. The van der Waals surface area contributed by atoms with E-state index in [-0.39, 0.29) is 27.6 Å². The lowest BCUT2D eigenvalue weighted by Crippen LogP contribution is -2.07. The van der Waals surface area contributed by atoms with E-state index >= 15 is 0 Å². The maximum atomic E-state index is 12.7. The molecule has 0 amide bonds. The van der Waals surface area contributed by atoms with Gasteiger partial charge in [0, 0.05) is 6.20 Å². The Hall–Kier alpha value is -1.28. The van der Waals surface area contributed by atoms with Crippen molar-refractivity contribution in [3.8, 4) is 0 Å². The maximum Gasteiger partial charge on any atom is 0.417 e. The van der Waals surface area contributed by atoms with Gasteiger partial charge in [0.15, 0.2) is 11.3 Å². The number of aromatic nitrogens is 2. The summed E-state index contributed by atoms with van der Waals surface area (Å²) in [6.45, 7) is 1.73. The quantitative estimate of drug-likeness (QED) is 0.751. The van der Waals surface area contributed by atoms with Crippen LogP contribution in [0.1, 0.15) is 23.0 Å². The van der Waals surface area contributed by atoms with Crippen molar-refractivity contribution < 1.29 is 22.7 Å². The number of hydrogen-bond donors (Lipinski definition) is 0. The van der Waals surface area contributed by atoms with Crippen LogP contribution in [0.3, 0.4) is 0 Å². The molecule has 9 heteroatoms. The largest absolute Gasteiger partial charge is 0.461 e. The lowest BCUT2D eigenvalue weighted by molar-refractivity contribution is -0.137. The topological polar surface area (TPSA) is 43.6 Å². The van der Waals surface area contributed by atoms with Crippen LogP contribution in [0.15, 0.2) is 16.9 Å².